The molecule has 0 radical (unpaired) electrons. The lowest BCUT2D eigenvalue weighted by atomic mass is 10.3. The van der Waals surface area contributed by atoms with Crippen LogP contribution >= 0.6 is 0 Å². The molecule has 1 N–H and O–H groups in total. The van der Waals surface area contributed by atoms with Gasteiger partial charge in [0, 0.05) is 13.1 Å². The molecular weight excluding hydrogens is 250 g/mol. The molecule has 2 aromatic rings. The quantitative estimate of drug-likeness (QED) is 0.799. The van der Waals surface area contributed by atoms with E-state index in [1.165, 1.54) is 0 Å². The zero-order valence-corrected chi connectivity index (χ0v) is 12.3. The Bertz CT molecular complexity index is 496. The lowest BCUT2D eigenvalue weighted by molar-refractivity contribution is 0.245. The summed E-state index contributed by atoms with van der Waals surface area (Å²) in [4.78, 5) is 6.95. The Hall–Kier alpha value is -1.81. The molecule has 0 spiro atoms. The van der Waals surface area contributed by atoms with Crippen molar-refractivity contribution in [2.24, 2.45) is 0 Å². The van der Waals surface area contributed by atoms with E-state index in [4.69, 9.17) is 4.42 Å². The molecule has 2 aromatic heterocycles. The van der Waals surface area contributed by atoms with Crippen molar-refractivity contribution >= 4 is 5.82 Å². The Kier molecular flexibility index (Phi) is 5.62. The number of anilines is 1. The van der Waals surface area contributed by atoms with Crippen LogP contribution in [-0.4, -0.2) is 23.0 Å². The zero-order chi connectivity index (χ0) is 14.2. The topological polar surface area (TPSA) is 41.3 Å². The van der Waals surface area contributed by atoms with Crippen LogP contribution in [0.2, 0.25) is 0 Å². The number of furan rings is 1. The van der Waals surface area contributed by atoms with Gasteiger partial charge in [-0.2, -0.15) is 0 Å². The fourth-order valence-corrected chi connectivity index (χ4v) is 2.05. The molecule has 2 rings (SSSR count). The zero-order valence-electron chi connectivity index (χ0n) is 12.3. The van der Waals surface area contributed by atoms with E-state index >= 15 is 0 Å². The summed E-state index contributed by atoms with van der Waals surface area (Å²) in [6.45, 7) is 7.88. The SMILES string of the molecule is CCCNc1cccc(CN(CC)Cc2ccco2)n1. The normalized spacial score (nSPS) is 10.9. The van der Waals surface area contributed by atoms with Crippen molar-refractivity contribution in [2.45, 2.75) is 33.4 Å². The van der Waals surface area contributed by atoms with Crippen LogP contribution in [0.15, 0.2) is 41.0 Å². The van der Waals surface area contributed by atoms with E-state index in [9.17, 15) is 0 Å². The van der Waals surface area contributed by atoms with Crippen LogP contribution < -0.4 is 5.32 Å². The van der Waals surface area contributed by atoms with E-state index in [0.29, 0.717) is 0 Å². The minimum Gasteiger partial charge on any atom is -0.468 e. The summed E-state index contributed by atoms with van der Waals surface area (Å²) in [5.74, 6) is 1.95. The van der Waals surface area contributed by atoms with Crippen molar-refractivity contribution in [3.63, 3.8) is 0 Å². The van der Waals surface area contributed by atoms with E-state index in [1.54, 1.807) is 6.26 Å². The predicted octanol–water partition coefficient (Wildman–Crippen LogP) is 3.52. The fourth-order valence-electron chi connectivity index (χ4n) is 2.05. The van der Waals surface area contributed by atoms with Gasteiger partial charge in [-0.25, -0.2) is 4.98 Å². The molecule has 0 saturated carbocycles. The molecule has 0 aliphatic carbocycles. The maximum atomic E-state index is 5.41. The van der Waals surface area contributed by atoms with Gasteiger partial charge in [0.2, 0.25) is 0 Å². The van der Waals surface area contributed by atoms with Gasteiger partial charge in [0.25, 0.3) is 0 Å². The van der Waals surface area contributed by atoms with Crippen LogP contribution in [0.1, 0.15) is 31.7 Å². The van der Waals surface area contributed by atoms with Gasteiger partial charge in [-0.15, -0.1) is 0 Å². The van der Waals surface area contributed by atoms with Gasteiger partial charge in [0.1, 0.15) is 11.6 Å². The van der Waals surface area contributed by atoms with Gasteiger partial charge in [-0.1, -0.05) is 19.9 Å². The summed E-state index contributed by atoms with van der Waals surface area (Å²) in [5, 5.41) is 3.32. The van der Waals surface area contributed by atoms with E-state index in [2.05, 4.69) is 41.2 Å². The Labute approximate surface area is 120 Å². The molecule has 108 valence electrons. The average Bonchev–Trinajstić information content (AvgIpc) is 2.98. The van der Waals surface area contributed by atoms with E-state index in [0.717, 1.165) is 49.9 Å². The molecular formula is C16H23N3O. The Balaban J connectivity index is 1.96. The third kappa shape index (κ3) is 4.38. The lowest BCUT2D eigenvalue weighted by Gasteiger charge is -2.19. The highest BCUT2D eigenvalue weighted by atomic mass is 16.3. The maximum Gasteiger partial charge on any atom is 0.126 e. The minimum absolute atomic E-state index is 0.817. The first-order chi connectivity index (χ1) is 9.81. The van der Waals surface area contributed by atoms with Crippen LogP contribution in [0.5, 0.6) is 0 Å². The Morgan fingerprint density at radius 3 is 2.75 bits per heavy atom. The third-order valence-corrected chi connectivity index (χ3v) is 3.16. The fraction of sp³-hybridized carbons (Fsp3) is 0.438. The van der Waals surface area contributed by atoms with Gasteiger partial charge < -0.3 is 9.73 Å². The van der Waals surface area contributed by atoms with Gasteiger partial charge in [-0.05, 0) is 37.2 Å². The number of rotatable bonds is 8. The largest absolute Gasteiger partial charge is 0.468 e. The number of hydrogen-bond acceptors (Lipinski definition) is 4. The highest BCUT2D eigenvalue weighted by Crippen LogP contribution is 2.11. The van der Waals surface area contributed by atoms with Gasteiger partial charge in [-0.3, -0.25) is 4.90 Å². The smallest absolute Gasteiger partial charge is 0.126 e. The van der Waals surface area contributed by atoms with E-state index < -0.39 is 0 Å². The molecule has 0 aliphatic heterocycles. The molecule has 0 fully saturated rings. The highest BCUT2D eigenvalue weighted by Gasteiger charge is 2.08. The summed E-state index contributed by atoms with van der Waals surface area (Å²) >= 11 is 0. The Morgan fingerprint density at radius 1 is 1.15 bits per heavy atom. The van der Waals surface area contributed by atoms with Gasteiger partial charge in [0.05, 0.1) is 18.5 Å². The molecule has 4 heteroatoms. The van der Waals surface area contributed by atoms with Gasteiger partial charge >= 0.3 is 0 Å². The first kappa shape index (κ1) is 14.6. The number of nitrogens with one attached hydrogen (secondary N) is 1. The highest BCUT2D eigenvalue weighted by molar-refractivity contribution is 5.35. The molecule has 4 nitrogen and oxygen atoms in total. The first-order valence-electron chi connectivity index (χ1n) is 7.26. The molecule has 0 aliphatic rings. The van der Waals surface area contributed by atoms with E-state index in [-0.39, 0.29) is 0 Å². The van der Waals surface area contributed by atoms with Crippen LogP contribution in [0, 0.1) is 0 Å². The summed E-state index contributed by atoms with van der Waals surface area (Å²) in [7, 11) is 0. The predicted molar refractivity (Wildman–Crippen MR) is 81.5 cm³/mol. The minimum atomic E-state index is 0.817. The number of aromatic nitrogens is 1. The second-order valence-corrected chi connectivity index (χ2v) is 4.82. The average molecular weight is 273 g/mol. The molecule has 0 amide bonds. The van der Waals surface area contributed by atoms with Crippen molar-refractivity contribution in [3.8, 4) is 0 Å². The molecule has 0 saturated heterocycles. The summed E-state index contributed by atoms with van der Waals surface area (Å²) in [6, 6.07) is 10.1. The maximum absolute atomic E-state index is 5.41. The summed E-state index contributed by atoms with van der Waals surface area (Å²) in [6.07, 6.45) is 2.82. The van der Waals surface area contributed by atoms with Crippen LogP contribution in [0.25, 0.3) is 0 Å². The molecule has 0 atom stereocenters. The first-order valence-corrected chi connectivity index (χ1v) is 7.26. The van der Waals surface area contributed by atoms with Crippen LogP contribution in [0.3, 0.4) is 0 Å². The molecule has 0 bridgehead atoms. The number of pyridine rings is 1. The second kappa shape index (κ2) is 7.70. The van der Waals surface area contributed by atoms with Gasteiger partial charge in [0.15, 0.2) is 0 Å². The molecule has 2 heterocycles. The van der Waals surface area contributed by atoms with Crippen molar-refractivity contribution in [2.75, 3.05) is 18.4 Å². The molecule has 20 heavy (non-hydrogen) atoms. The number of hydrogen-bond donors (Lipinski definition) is 1. The van der Waals surface area contributed by atoms with Crippen LogP contribution in [0.4, 0.5) is 5.82 Å². The van der Waals surface area contributed by atoms with Crippen molar-refractivity contribution in [1.29, 1.82) is 0 Å². The summed E-state index contributed by atoms with van der Waals surface area (Å²) < 4.78 is 5.41. The monoisotopic (exact) mass is 273 g/mol. The lowest BCUT2D eigenvalue weighted by Crippen LogP contribution is -2.22. The van der Waals surface area contributed by atoms with Crippen LogP contribution in [-0.2, 0) is 13.1 Å². The molecule has 0 aromatic carbocycles. The van der Waals surface area contributed by atoms with Crippen molar-refractivity contribution < 1.29 is 4.42 Å². The van der Waals surface area contributed by atoms with Crippen molar-refractivity contribution in [1.82, 2.24) is 9.88 Å². The molecule has 0 unspecified atom stereocenters. The second-order valence-electron chi connectivity index (χ2n) is 4.82. The summed E-state index contributed by atoms with van der Waals surface area (Å²) in [5.41, 5.74) is 1.08. The Morgan fingerprint density at radius 2 is 2.05 bits per heavy atom. The van der Waals surface area contributed by atoms with Crippen molar-refractivity contribution in [3.05, 3.63) is 48.0 Å². The number of nitrogens with zero attached hydrogens (tertiary/aromatic N) is 2. The third-order valence-electron chi connectivity index (χ3n) is 3.16. The van der Waals surface area contributed by atoms with E-state index in [1.807, 2.05) is 18.2 Å². The standard InChI is InChI=1S/C16H23N3O/c1-3-10-17-16-9-5-7-14(18-16)12-19(4-2)13-15-8-6-11-20-15/h5-9,11H,3-4,10,12-13H2,1-2H3,(H,17,18).